The molecule has 2 N–H and O–H groups in total. The molecule has 34 heavy (non-hydrogen) atoms. The van der Waals surface area contributed by atoms with E-state index < -0.39 is 29.6 Å². The van der Waals surface area contributed by atoms with E-state index in [4.69, 9.17) is 9.57 Å². The number of amides is 5. The number of ether oxygens (including phenoxy) is 1. The molecule has 11 heteroatoms. The van der Waals surface area contributed by atoms with Gasteiger partial charge in [0, 0.05) is 19.6 Å². The summed E-state index contributed by atoms with van der Waals surface area (Å²) in [6.07, 6.45) is 0.624. The Morgan fingerprint density at radius 2 is 1.68 bits per heavy atom. The molecule has 184 valence electrons. The van der Waals surface area contributed by atoms with Gasteiger partial charge in [0.25, 0.3) is 5.91 Å². The molecule has 0 aliphatic carbocycles. The molecule has 0 saturated carbocycles. The number of carbonyl (C=O) groups is 4. The van der Waals surface area contributed by atoms with Gasteiger partial charge in [-0.3, -0.25) is 25.3 Å². The first-order valence-corrected chi connectivity index (χ1v) is 11.5. The van der Waals surface area contributed by atoms with Crippen LogP contribution in [0, 0.1) is 5.92 Å². The molecule has 2 atom stereocenters. The third-order valence-corrected chi connectivity index (χ3v) is 6.05. The van der Waals surface area contributed by atoms with Gasteiger partial charge in [-0.1, -0.05) is 30.3 Å². The van der Waals surface area contributed by atoms with E-state index in [0.717, 1.165) is 5.56 Å². The van der Waals surface area contributed by atoms with Crippen LogP contribution in [0.3, 0.4) is 0 Å². The number of nitrogens with zero attached hydrogens (tertiary/aromatic N) is 3. The quantitative estimate of drug-likeness (QED) is 0.624. The van der Waals surface area contributed by atoms with Crippen molar-refractivity contribution in [1.82, 2.24) is 25.7 Å². The number of nitrogens with one attached hydrogen (secondary N) is 2. The van der Waals surface area contributed by atoms with Crippen molar-refractivity contribution < 1.29 is 28.8 Å². The SMILES string of the molecule is CC(C)(C)OC(=O)N1CC(C(=O)NNC(=O)[C@@H]2CC[C@@H]3CN2C(=O)N3OCc2ccccc2)C1. The fraction of sp³-hybridized carbons (Fsp3) is 0.565. The van der Waals surface area contributed by atoms with Crippen molar-refractivity contribution in [1.29, 1.82) is 0 Å². The van der Waals surface area contributed by atoms with Crippen molar-refractivity contribution in [2.45, 2.75) is 57.9 Å². The number of hydrogen-bond acceptors (Lipinski definition) is 6. The van der Waals surface area contributed by atoms with Crippen LogP contribution in [0.1, 0.15) is 39.2 Å². The number of piperidine rings is 1. The number of carbonyl (C=O) groups excluding carboxylic acids is 4. The van der Waals surface area contributed by atoms with E-state index in [1.54, 1.807) is 20.8 Å². The molecule has 0 aromatic heterocycles. The molecule has 5 amide bonds. The van der Waals surface area contributed by atoms with Gasteiger partial charge in [-0.05, 0) is 39.2 Å². The van der Waals surface area contributed by atoms with E-state index in [1.807, 2.05) is 30.3 Å². The summed E-state index contributed by atoms with van der Waals surface area (Å²) >= 11 is 0. The molecule has 3 fully saturated rings. The molecular formula is C23H31N5O6. The molecule has 3 saturated heterocycles. The molecular weight excluding hydrogens is 442 g/mol. The summed E-state index contributed by atoms with van der Waals surface area (Å²) in [5.41, 5.74) is 5.20. The zero-order valence-corrected chi connectivity index (χ0v) is 19.7. The van der Waals surface area contributed by atoms with E-state index in [2.05, 4.69) is 10.9 Å². The highest BCUT2D eigenvalue weighted by molar-refractivity contribution is 5.90. The first-order valence-electron chi connectivity index (χ1n) is 11.5. The van der Waals surface area contributed by atoms with Gasteiger partial charge in [0.1, 0.15) is 18.2 Å². The first-order chi connectivity index (χ1) is 16.1. The van der Waals surface area contributed by atoms with E-state index in [1.165, 1.54) is 14.9 Å². The van der Waals surface area contributed by atoms with E-state index in [9.17, 15) is 19.2 Å². The number of hydroxylamine groups is 2. The smallest absolute Gasteiger partial charge is 0.410 e. The predicted octanol–water partition coefficient (Wildman–Crippen LogP) is 1.40. The van der Waals surface area contributed by atoms with Crippen molar-refractivity contribution in [3.8, 4) is 0 Å². The molecule has 0 unspecified atom stereocenters. The zero-order chi connectivity index (χ0) is 24.5. The maximum atomic E-state index is 12.8. The summed E-state index contributed by atoms with van der Waals surface area (Å²) in [6, 6.07) is 8.41. The Kier molecular flexibility index (Phi) is 6.65. The summed E-state index contributed by atoms with van der Waals surface area (Å²) in [6.45, 7) is 6.44. The third-order valence-electron chi connectivity index (χ3n) is 6.05. The lowest BCUT2D eigenvalue weighted by atomic mass is 10.00. The van der Waals surface area contributed by atoms with Gasteiger partial charge in [-0.15, -0.1) is 0 Å². The fourth-order valence-electron chi connectivity index (χ4n) is 4.22. The minimum Gasteiger partial charge on any atom is -0.444 e. The molecule has 11 nitrogen and oxygen atoms in total. The summed E-state index contributed by atoms with van der Waals surface area (Å²) in [5, 5.41) is 1.36. The highest BCUT2D eigenvalue weighted by Gasteiger charge is 2.48. The molecule has 4 rings (SSSR count). The van der Waals surface area contributed by atoms with Crippen LogP contribution in [0.15, 0.2) is 30.3 Å². The molecule has 1 aromatic rings. The van der Waals surface area contributed by atoms with Crippen LogP contribution in [-0.2, 0) is 25.8 Å². The van der Waals surface area contributed by atoms with E-state index in [0.29, 0.717) is 19.4 Å². The van der Waals surface area contributed by atoms with Gasteiger partial charge in [0.05, 0.1) is 12.0 Å². The summed E-state index contributed by atoms with van der Waals surface area (Å²) in [4.78, 5) is 58.6. The maximum absolute atomic E-state index is 12.8. The number of hydrogen-bond donors (Lipinski definition) is 2. The largest absolute Gasteiger partial charge is 0.444 e. The lowest BCUT2D eigenvalue weighted by Crippen LogP contribution is -2.60. The number of urea groups is 1. The van der Waals surface area contributed by atoms with E-state index >= 15 is 0 Å². The van der Waals surface area contributed by atoms with Gasteiger partial charge >= 0.3 is 12.1 Å². The van der Waals surface area contributed by atoms with Gasteiger partial charge in [-0.2, -0.15) is 5.06 Å². The Bertz CT molecular complexity index is 943. The number of likely N-dealkylation sites (tertiary alicyclic amines) is 1. The van der Waals surface area contributed by atoms with Crippen molar-refractivity contribution in [3.63, 3.8) is 0 Å². The highest BCUT2D eigenvalue weighted by Crippen LogP contribution is 2.30. The maximum Gasteiger partial charge on any atom is 0.410 e. The summed E-state index contributed by atoms with van der Waals surface area (Å²) < 4.78 is 5.27. The van der Waals surface area contributed by atoms with Crippen LogP contribution in [0.5, 0.6) is 0 Å². The van der Waals surface area contributed by atoms with Crippen LogP contribution in [0.2, 0.25) is 0 Å². The molecule has 1 aromatic carbocycles. The van der Waals surface area contributed by atoms with Crippen molar-refractivity contribution in [3.05, 3.63) is 35.9 Å². The number of benzene rings is 1. The normalized spacial score (nSPS) is 22.3. The Morgan fingerprint density at radius 1 is 1.00 bits per heavy atom. The summed E-state index contributed by atoms with van der Waals surface area (Å²) in [7, 11) is 0. The first kappa shape index (κ1) is 23.8. The Hall–Kier alpha value is -3.34. The van der Waals surface area contributed by atoms with Gasteiger partial charge in [-0.25, -0.2) is 9.59 Å². The molecule has 0 spiro atoms. The lowest BCUT2D eigenvalue weighted by Gasteiger charge is -2.38. The number of fused-ring (bicyclic) bond motifs is 2. The van der Waals surface area contributed by atoms with Gasteiger partial charge in [0.15, 0.2) is 0 Å². The highest BCUT2D eigenvalue weighted by atomic mass is 16.7. The topological polar surface area (TPSA) is 121 Å². The van der Waals surface area contributed by atoms with Crippen LogP contribution >= 0.6 is 0 Å². The Morgan fingerprint density at radius 3 is 2.35 bits per heavy atom. The average molecular weight is 474 g/mol. The van der Waals surface area contributed by atoms with E-state index in [-0.39, 0.29) is 37.7 Å². The fourth-order valence-corrected chi connectivity index (χ4v) is 4.22. The Labute approximate surface area is 198 Å². The minimum atomic E-state index is -0.686. The number of rotatable bonds is 5. The van der Waals surface area contributed by atoms with Crippen LogP contribution in [-0.4, -0.2) is 76.1 Å². The minimum absolute atomic E-state index is 0.108. The monoisotopic (exact) mass is 473 g/mol. The predicted molar refractivity (Wildman–Crippen MR) is 120 cm³/mol. The molecule has 3 aliphatic rings. The van der Waals surface area contributed by atoms with Crippen LogP contribution < -0.4 is 10.9 Å². The van der Waals surface area contributed by atoms with Crippen molar-refractivity contribution in [2.75, 3.05) is 19.6 Å². The van der Waals surface area contributed by atoms with Gasteiger partial charge in [0.2, 0.25) is 5.91 Å². The van der Waals surface area contributed by atoms with Gasteiger partial charge < -0.3 is 14.5 Å². The summed E-state index contributed by atoms with van der Waals surface area (Å²) in [5.74, 6) is -1.27. The molecule has 3 aliphatic heterocycles. The molecule has 3 heterocycles. The van der Waals surface area contributed by atoms with Crippen LogP contribution in [0.25, 0.3) is 0 Å². The standard InChI is InChI=1S/C23H31N5O6/c1-23(2,3)34-22(32)26-11-16(12-26)19(29)24-25-20(30)18-10-9-17-13-27(18)21(31)28(17)33-14-15-7-5-4-6-8-15/h4-8,16-18H,9-14H2,1-3H3,(H,24,29)(H,25,30)/t17-,18+/m1/s1. The second kappa shape index (κ2) is 9.49. The van der Waals surface area contributed by atoms with Crippen molar-refractivity contribution >= 4 is 23.9 Å². The second-order valence-electron chi connectivity index (χ2n) is 9.83. The third kappa shape index (κ3) is 5.24. The Balaban J connectivity index is 1.22. The molecule has 0 radical (unpaired) electrons. The zero-order valence-electron chi connectivity index (χ0n) is 19.7. The average Bonchev–Trinajstić information content (AvgIpc) is 2.98. The lowest BCUT2D eigenvalue weighted by molar-refractivity contribution is -0.140. The van der Waals surface area contributed by atoms with Crippen LogP contribution in [0.4, 0.5) is 9.59 Å². The van der Waals surface area contributed by atoms with Crippen molar-refractivity contribution in [2.24, 2.45) is 5.92 Å². The number of hydrazine groups is 1. The molecule has 2 bridgehead atoms. The second-order valence-corrected chi connectivity index (χ2v) is 9.83.